The molecule has 148 valence electrons. The second-order valence-corrected chi connectivity index (χ2v) is 7.26. The van der Waals surface area contributed by atoms with Gasteiger partial charge in [-0.3, -0.25) is 20.1 Å². The van der Waals surface area contributed by atoms with Crippen LogP contribution in [0.2, 0.25) is 0 Å². The molecule has 0 fully saturated rings. The van der Waals surface area contributed by atoms with Crippen LogP contribution >= 0.6 is 0 Å². The van der Waals surface area contributed by atoms with Crippen LogP contribution in [0.5, 0.6) is 0 Å². The van der Waals surface area contributed by atoms with Crippen LogP contribution in [-0.4, -0.2) is 40.1 Å². The molecule has 0 saturated heterocycles. The van der Waals surface area contributed by atoms with Crippen LogP contribution in [0.1, 0.15) is 5.56 Å². The van der Waals surface area contributed by atoms with E-state index >= 15 is 0 Å². The normalized spacial score (nSPS) is 11.4. The highest BCUT2D eigenvalue weighted by Crippen LogP contribution is 2.31. The first kappa shape index (κ1) is 17.4. The van der Waals surface area contributed by atoms with Gasteiger partial charge in [0.1, 0.15) is 11.2 Å². The first-order valence-electron chi connectivity index (χ1n) is 9.78. The van der Waals surface area contributed by atoms with Gasteiger partial charge in [-0.1, -0.05) is 0 Å². The smallest absolute Gasteiger partial charge is 0.181 e. The van der Waals surface area contributed by atoms with Crippen molar-refractivity contribution in [3.05, 3.63) is 73.1 Å². The number of nitrogens with zero attached hydrogens (tertiary/aromatic N) is 6. The van der Waals surface area contributed by atoms with Crippen LogP contribution in [0.3, 0.4) is 0 Å². The molecular formula is C23H16N8. The fourth-order valence-electron chi connectivity index (χ4n) is 3.77. The van der Waals surface area contributed by atoms with Crippen LogP contribution < -0.4 is 0 Å². The van der Waals surface area contributed by atoms with Gasteiger partial charge in [0.15, 0.2) is 11.5 Å². The summed E-state index contributed by atoms with van der Waals surface area (Å²) in [6.07, 6.45) is 10.7. The quantitative estimate of drug-likeness (QED) is 0.454. The van der Waals surface area contributed by atoms with Crippen molar-refractivity contribution in [1.82, 2.24) is 40.1 Å². The molecule has 0 aliphatic carbocycles. The SMILES string of the molecule is Cc1ccncc1-c1cnc2n[nH]c(-c3nc4c(-c5ccncc5)nccc4[nH]3)c2c1. The van der Waals surface area contributed by atoms with Gasteiger partial charge in [0.2, 0.25) is 0 Å². The van der Waals surface area contributed by atoms with E-state index in [0.717, 1.165) is 50.1 Å². The second-order valence-electron chi connectivity index (χ2n) is 7.26. The lowest BCUT2D eigenvalue weighted by Crippen LogP contribution is -1.87. The van der Waals surface area contributed by atoms with Gasteiger partial charge < -0.3 is 4.98 Å². The largest absolute Gasteiger partial charge is 0.337 e. The number of H-pyrrole nitrogens is 2. The molecule has 0 spiro atoms. The highest BCUT2D eigenvalue weighted by molar-refractivity contribution is 5.96. The number of hydrogen-bond acceptors (Lipinski definition) is 6. The van der Waals surface area contributed by atoms with Crippen molar-refractivity contribution in [2.45, 2.75) is 6.92 Å². The number of nitrogens with one attached hydrogen (secondary N) is 2. The summed E-state index contributed by atoms with van der Waals surface area (Å²) in [6, 6.07) is 9.82. The number of imidazole rings is 1. The molecule has 0 radical (unpaired) electrons. The summed E-state index contributed by atoms with van der Waals surface area (Å²) in [5, 5.41) is 8.35. The van der Waals surface area contributed by atoms with E-state index < -0.39 is 0 Å². The summed E-state index contributed by atoms with van der Waals surface area (Å²) in [5.41, 5.74) is 8.02. The van der Waals surface area contributed by atoms with Crippen molar-refractivity contribution in [2.24, 2.45) is 0 Å². The Labute approximate surface area is 176 Å². The van der Waals surface area contributed by atoms with Crippen molar-refractivity contribution in [2.75, 3.05) is 0 Å². The molecule has 6 aromatic rings. The lowest BCUT2D eigenvalue weighted by Gasteiger charge is -2.04. The predicted molar refractivity (Wildman–Crippen MR) is 118 cm³/mol. The van der Waals surface area contributed by atoms with Gasteiger partial charge in [-0.15, -0.1) is 0 Å². The number of aryl methyl sites for hydroxylation is 1. The number of aromatic nitrogens is 8. The second kappa shape index (κ2) is 6.81. The van der Waals surface area contributed by atoms with Gasteiger partial charge in [0.25, 0.3) is 0 Å². The van der Waals surface area contributed by atoms with Gasteiger partial charge >= 0.3 is 0 Å². The minimum atomic E-state index is 0.633. The third-order valence-corrected chi connectivity index (χ3v) is 5.35. The van der Waals surface area contributed by atoms with Gasteiger partial charge in [-0.05, 0) is 42.8 Å². The first-order valence-corrected chi connectivity index (χ1v) is 9.78. The lowest BCUT2D eigenvalue weighted by molar-refractivity contribution is 1.09. The maximum absolute atomic E-state index is 4.85. The fourth-order valence-corrected chi connectivity index (χ4v) is 3.77. The number of pyridine rings is 4. The summed E-state index contributed by atoms with van der Waals surface area (Å²) in [4.78, 5) is 25.7. The Bertz CT molecular complexity index is 1550. The maximum Gasteiger partial charge on any atom is 0.181 e. The van der Waals surface area contributed by atoms with E-state index in [4.69, 9.17) is 4.98 Å². The van der Waals surface area contributed by atoms with E-state index in [1.165, 1.54) is 0 Å². The number of aromatic amines is 2. The highest BCUT2D eigenvalue weighted by Gasteiger charge is 2.16. The van der Waals surface area contributed by atoms with Crippen molar-refractivity contribution in [3.63, 3.8) is 0 Å². The van der Waals surface area contributed by atoms with Crippen molar-refractivity contribution in [3.8, 4) is 33.9 Å². The minimum Gasteiger partial charge on any atom is -0.337 e. The monoisotopic (exact) mass is 404 g/mol. The molecule has 0 bridgehead atoms. The lowest BCUT2D eigenvalue weighted by atomic mass is 10.0. The van der Waals surface area contributed by atoms with Crippen LogP contribution in [-0.2, 0) is 0 Å². The Balaban J connectivity index is 1.52. The van der Waals surface area contributed by atoms with Crippen molar-refractivity contribution < 1.29 is 0 Å². The third-order valence-electron chi connectivity index (χ3n) is 5.35. The Morgan fingerprint density at radius 1 is 0.839 bits per heavy atom. The Morgan fingerprint density at radius 3 is 2.58 bits per heavy atom. The van der Waals surface area contributed by atoms with Crippen LogP contribution in [0, 0.1) is 6.92 Å². The van der Waals surface area contributed by atoms with Crippen molar-refractivity contribution in [1.29, 1.82) is 0 Å². The summed E-state index contributed by atoms with van der Waals surface area (Å²) >= 11 is 0. The van der Waals surface area contributed by atoms with E-state index in [0.29, 0.717) is 11.5 Å². The third kappa shape index (κ3) is 2.84. The molecule has 0 unspecified atom stereocenters. The summed E-state index contributed by atoms with van der Waals surface area (Å²) in [6.45, 7) is 2.06. The fraction of sp³-hybridized carbons (Fsp3) is 0.0435. The average Bonchev–Trinajstić information content (AvgIpc) is 3.43. The molecule has 6 heterocycles. The van der Waals surface area contributed by atoms with Crippen LogP contribution in [0.15, 0.2) is 67.5 Å². The molecule has 31 heavy (non-hydrogen) atoms. The highest BCUT2D eigenvalue weighted by atomic mass is 15.2. The van der Waals surface area contributed by atoms with Gasteiger partial charge in [-0.2, -0.15) is 5.10 Å². The zero-order valence-corrected chi connectivity index (χ0v) is 16.5. The molecular weight excluding hydrogens is 388 g/mol. The van der Waals surface area contributed by atoms with E-state index in [2.05, 4.69) is 48.1 Å². The molecule has 0 aliphatic rings. The molecule has 0 saturated carbocycles. The number of rotatable bonds is 3. The zero-order chi connectivity index (χ0) is 20.8. The topological polar surface area (TPSA) is 109 Å². The standard InChI is InChI=1S/C23H16N8/c1-13-2-6-25-12-17(13)15-10-16-20(30-31-22(16)27-11-15)23-28-18-5-9-26-19(21(18)29-23)14-3-7-24-8-4-14/h2-12H,1H3,(H,28,29)(H,27,30,31). The Kier molecular flexibility index (Phi) is 3.82. The molecule has 0 atom stereocenters. The molecule has 8 heteroatoms. The molecule has 8 nitrogen and oxygen atoms in total. The Hall–Kier alpha value is -4.46. The van der Waals surface area contributed by atoms with Gasteiger partial charge in [0.05, 0.1) is 16.6 Å². The maximum atomic E-state index is 4.85. The summed E-state index contributed by atoms with van der Waals surface area (Å²) < 4.78 is 0. The first-order chi connectivity index (χ1) is 15.3. The summed E-state index contributed by atoms with van der Waals surface area (Å²) in [7, 11) is 0. The van der Waals surface area contributed by atoms with E-state index in [-0.39, 0.29) is 0 Å². The van der Waals surface area contributed by atoms with E-state index in [1.54, 1.807) is 24.8 Å². The number of fused-ring (bicyclic) bond motifs is 2. The van der Waals surface area contributed by atoms with Crippen LogP contribution in [0.4, 0.5) is 0 Å². The molecule has 6 rings (SSSR count). The summed E-state index contributed by atoms with van der Waals surface area (Å²) in [5.74, 6) is 0.683. The molecule has 0 aromatic carbocycles. The van der Waals surface area contributed by atoms with Gasteiger partial charge in [-0.25, -0.2) is 9.97 Å². The molecule has 0 aliphatic heterocycles. The Morgan fingerprint density at radius 2 is 1.71 bits per heavy atom. The van der Waals surface area contributed by atoms with E-state index in [1.807, 2.05) is 36.7 Å². The number of hydrogen-bond donors (Lipinski definition) is 2. The molecule has 6 aromatic heterocycles. The molecule has 2 N–H and O–H groups in total. The van der Waals surface area contributed by atoms with Gasteiger partial charge in [0, 0.05) is 53.9 Å². The zero-order valence-electron chi connectivity index (χ0n) is 16.5. The predicted octanol–water partition coefficient (Wildman–Crippen LogP) is 4.33. The molecule has 0 amide bonds. The minimum absolute atomic E-state index is 0.633. The average molecular weight is 404 g/mol. The van der Waals surface area contributed by atoms with Crippen molar-refractivity contribution >= 4 is 22.1 Å². The van der Waals surface area contributed by atoms with E-state index in [9.17, 15) is 0 Å². The van der Waals surface area contributed by atoms with Crippen LogP contribution in [0.25, 0.3) is 56.0 Å².